The molecule has 1 aromatic heterocycles. The lowest BCUT2D eigenvalue weighted by Gasteiger charge is -2.47. The number of rotatable bonds is 10. The third-order valence-electron chi connectivity index (χ3n) is 15.8. The predicted octanol–water partition coefficient (Wildman–Crippen LogP) is 8.84. The number of amides is 5. The molecule has 4 aromatic rings. The van der Waals surface area contributed by atoms with Gasteiger partial charge in [-0.05, 0) is 149 Å². The van der Waals surface area contributed by atoms with Crippen molar-refractivity contribution >= 4 is 51.8 Å². The van der Waals surface area contributed by atoms with Crippen molar-refractivity contribution in [3.8, 4) is 5.75 Å². The van der Waals surface area contributed by atoms with Crippen LogP contribution in [0.15, 0.2) is 48.5 Å². The first-order chi connectivity index (χ1) is 33.5. The van der Waals surface area contributed by atoms with Crippen LogP contribution in [0.2, 0.25) is 0 Å². The van der Waals surface area contributed by atoms with Crippen LogP contribution in [0.3, 0.4) is 0 Å². The van der Waals surface area contributed by atoms with Crippen molar-refractivity contribution in [3.05, 3.63) is 82.4 Å². The maximum absolute atomic E-state index is 14.8. The van der Waals surface area contributed by atoms with E-state index in [-0.39, 0.29) is 53.4 Å². The number of hydrogen-bond donors (Lipinski definition) is 3. The number of piperazine rings is 1. The Hall–Kier alpha value is -6.04. The molecule has 4 N–H and O–H groups in total. The summed E-state index contributed by atoms with van der Waals surface area (Å²) in [6.45, 7) is 9.04. The Bertz CT molecular complexity index is 2630. The van der Waals surface area contributed by atoms with E-state index in [9.17, 15) is 36.7 Å². The Labute approximate surface area is 405 Å². The van der Waals surface area contributed by atoms with Gasteiger partial charge >= 0.3 is 12.2 Å². The molecule has 5 fully saturated rings. The lowest BCUT2D eigenvalue weighted by atomic mass is 9.65. The number of carbonyl (C=O) groups is 4. The number of carbonyl (C=O) groups excluding carboxylic acids is 4. The van der Waals surface area contributed by atoms with Crippen molar-refractivity contribution in [2.75, 3.05) is 75.4 Å². The molecule has 0 radical (unpaired) electrons. The molecular formula is C52H63F4N9O5. The van der Waals surface area contributed by atoms with Gasteiger partial charge in [-0.3, -0.25) is 29.5 Å². The van der Waals surface area contributed by atoms with E-state index < -0.39 is 35.5 Å². The summed E-state index contributed by atoms with van der Waals surface area (Å²) < 4.78 is 61.6. The molecule has 1 spiro atoms. The molecule has 70 heavy (non-hydrogen) atoms. The predicted molar refractivity (Wildman–Crippen MR) is 258 cm³/mol. The SMILES string of the molecule is COc1cc2nc(C)nc(N[C@H](C)c3cc(N)cc(C(F)(F)F)c3)c2cc1C1CCC(C(=O)N2CCN(CC3CCC4(CC3)CCN(C(=O)c3ccc(F)c(N5CCC(=O)NC5=O)c3)CC4)CC2)CC1. The average Bonchev–Trinajstić information content (AvgIpc) is 3.34. The molecule has 3 saturated heterocycles. The smallest absolute Gasteiger partial charge is 0.416 e. The Morgan fingerprint density at radius 2 is 1.60 bits per heavy atom. The molecule has 2 aliphatic carbocycles. The topological polar surface area (TPSA) is 166 Å². The van der Waals surface area contributed by atoms with Crippen molar-refractivity contribution < 1.29 is 41.5 Å². The highest BCUT2D eigenvalue weighted by Crippen LogP contribution is 2.47. The van der Waals surface area contributed by atoms with Gasteiger partial charge < -0.3 is 25.6 Å². The van der Waals surface area contributed by atoms with Crippen molar-refractivity contribution in [2.24, 2.45) is 17.3 Å². The molecule has 5 aliphatic rings. The number of hydrogen-bond acceptors (Lipinski definition) is 10. The van der Waals surface area contributed by atoms with E-state index >= 15 is 0 Å². The number of benzene rings is 3. The molecule has 18 heteroatoms. The molecule has 3 aromatic carbocycles. The minimum absolute atomic E-state index is 0.00413. The summed E-state index contributed by atoms with van der Waals surface area (Å²) in [6, 6.07) is 10.4. The standard InChI is InChI=1S/C52H63F4N9O5/c1-31(37-24-38(52(54,55)56)27-39(57)25-37)58-47-41-28-40(45(70-3)29-43(41)59-32(2)60-47)34-4-6-35(7-5-34)48(67)64-22-20-62(21-23-64)30-33-10-13-51(14-11-33)15-18-63(19-16-51)49(68)36-8-9-42(53)44(26-36)65-17-12-46(66)61-50(65)69/h8-9,24-29,31,33-35H,4-7,10-23,30,57H2,1-3H3,(H,58,59,60)(H,61,66,69)/t31-,34?,35?/m1/s1. The maximum Gasteiger partial charge on any atom is 0.416 e. The van der Waals surface area contributed by atoms with Crippen LogP contribution in [0.5, 0.6) is 5.75 Å². The van der Waals surface area contributed by atoms with Gasteiger partial charge in [0.15, 0.2) is 0 Å². The number of urea groups is 1. The summed E-state index contributed by atoms with van der Waals surface area (Å²) in [5.74, 6) is 1.43. The van der Waals surface area contributed by atoms with Gasteiger partial charge in [0.1, 0.15) is 23.2 Å². The Kier molecular flexibility index (Phi) is 14.0. The summed E-state index contributed by atoms with van der Waals surface area (Å²) in [6.07, 6.45) is 5.05. The second-order valence-corrected chi connectivity index (χ2v) is 20.3. The van der Waals surface area contributed by atoms with Gasteiger partial charge in [-0.2, -0.15) is 13.2 Å². The summed E-state index contributed by atoms with van der Waals surface area (Å²) in [5, 5.41) is 6.28. The zero-order valence-corrected chi connectivity index (χ0v) is 40.2. The Balaban J connectivity index is 0.735. The molecule has 1 atom stereocenters. The average molecular weight is 970 g/mol. The quantitative estimate of drug-likeness (QED) is 0.103. The number of nitrogens with one attached hydrogen (secondary N) is 2. The lowest BCUT2D eigenvalue weighted by molar-refractivity contribution is -0.139. The van der Waals surface area contributed by atoms with E-state index in [4.69, 9.17) is 10.5 Å². The van der Waals surface area contributed by atoms with Crippen LogP contribution in [-0.2, 0) is 15.8 Å². The van der Waals surface area contributed by atoms with Crippen LogP contribution < -0.4 is 26.0 Å². The van der Waals surface area contributed by atoms with Crippen molar-refractivity contribution in [2.45, 2.75) is 103 Å². The first-order valence-electron chi connectivity index (χ1n) is 24.8. The minimum atomic E-state index is -4.53. The molecule has 14 nitrogen and oxygen atoms in total. The van der Waals surface area contributed by atoms with Crippen LogP contribution in [0.1, 0.15) is 122 Å². The Morgan fingerprint density at radius 1 is 0.886 bits per heavy atom. The van der Waals surface area contributed by atoms with Crippen molar-refractivity contribution in [1.29, 1.82) is 0 Å². The van der Waals surface area contributed by atoms with E-state index in [2.05, 4.69) is 30.4 Å². The maximum atomic E-state index is 14.8. The zero-order valence-electron chi connectivity index (χ0n) is 40.2. The number of anilines is 3. The number of nitrogens with zero attached hydrogens (tertiary/aromatic N) is 6. The molecule has 5 amide bonds. The van der Waals surface area contributed by atoms with E-state index in [0.29, 0.717) is 53.0 Å². The first-order valence-corrected chi connectivity index (χ1v) is 24.8. The highest BCUT2D eigenvalue weighted by atomic mass is 19.4. The second kappa shape index (κ2) is 20.0. The third-order valence-corrected chi connectivity index (χ3v) is 15.8. The normalized spacial score (nSPS) is 22.0. The molecule has 0 bridgehead atoms. The molecule has 0 unspecified atom stereocenters. The summed E-state index contributed by atoms with van der Waals surface area (Å²) in [7, 11) is 1.63. The van der Waals surface area contributed by atoms with Crippen LogP contribution in [0, 0.1) is 30.0 Å². The molecule has 4 heterocycles. The van der Waals surface area contributed by atoms with Crippen molar-refractivity contribution in [3.63, 3.8) is 0 Å². The highest BCUT2D eigenvalue weighted by molar-refractivity contribution is 6.06. The number of nitrogens with two attached hydrogens (primary N) is 1. The van der Waals surface area contributed by atoms with Gasteiger partial charge in [-0.25, -0.2) is 19.2 Å². The molecule has 374 valence electrons. The number of fused-ring (bicyclic) bond motifs is 1. The van der Waals surface area contributed by atoms with Gasteiger partial charge in [-0.15, -0.1) is 0 Å². The number of nitrogen functional groups attached to an aromatic ring is 1. The van der Waals surface area contributed by atoms with Crippen LogP contribution in [0.4, 0.5) is 39.5 Å². The third kappa shape index (κ3) is 10.5. The molecule has 3 aliphatic heterocycles. The fourth-order valence-electron chi connectivity index (χ4n) is 11.7. The molecule has 2 saturated carbocycles. The Morgan fingerprint density at radius 3 is 2.27 bits per heavy atom. The van der Waals surface area contributed by atoms with Crippen LogP contribution >= 0.6 is 0 Å². The number of alkyl halides is 3. The molecular weight excluding hydrogens is 907 g/mol. The number of methoxy groups -OCH3 is 1. The first kappa shape index (κ1) is 49.0. The zero-order chi connectivity index (χ0) is 49.5. The van der Waals surface area contributed by atoms with E-state index in [1.807, 2.05) is 17.0 Å². The van der Waals surface area contributed by atoms with Crippen LogP contribution in [0.25, 0.3) is 10.9 Å². The fraction of sp³-hybridized carbons (Fsp3) is 0.538. The number of imide groups is 1. The number of aryl methyl sites for hydroxylation is 1. The number of halogens is 4. The fourth-order valence-corrected chi connectivity index (χ4v) is 11.7. The van der Waals surface area contributed by atoms with Gasteiger partial charge in [0.05, 0.1) is 29.9 Å². The molecule has 9 rings (SSSR count). The van der Waals surface area contributed by atoms with Gasteiger partial charge in [0.2, 0.25) is 11.8 Å². The monoisotopic (exact) mass is 969 g/mol. The van der Waals surface area contributed by atoms with Crippen molar-refractivity contribution in [1.82, 2.24) is 30.0 Å². The summed E-state index contributed by atoms with van der Waals surface area (Å²) in [5.41, 5.74) is 7.68. The second-order valence-electron chi connectivity index (χ2n) is 20.3. The highest BCUT2D eigenvalue weighted by Gasteiger charge is 2.41. The number of likely N-dealkylation sites (tertiary alicyclic amines) is 1. The van der Waals surface area contributed by atoms with Gasteiger partial charge in [0.25, 0.3) is 5.91 Å². The number of ether oxygens (including phenoxy) is 1. The van der Waals surface area contributed by atoms with Crippen LogP contribution in [-0.4, -0.2) is 108 Å². The minimum Gasteiger partial charge on any atom is -0.496 e. The summed E-state index contributed by atoms with van der Waals surface area (Å²) in [4.78, 5) is 68.4. The lowest BCUT2D eigenvalue weighted by Crippen LogP contribution is -2.52. The van der Waals surface area contributed by atoms with E-state index in [0.717, 1.165) is 120 Å². The van der Waals surface area contributed by atoms with Gasteiger partial charge in [-0.1, -0.05) is 0 Å². The number of aromatic nitrogens is 2. The largest absolute Gasteiger partial charge is 0.496 e. The summed E-state index contributed by atoms with van der Waals surface area (Å²) >= 11 is 0. The van der Waals surface area contributed by atoms with E-state index in [1.165, 1.54) is 29.2 Å². The number of piperidine rings is 1. The van der Waals surface area contributed by atoms with Gasteiger partial charge in [0, 0.05) is 87.4 Å². The van der Waals surface area contributed by atoms with E-state index in [1.54, 1.807) is 21.0 Å².